The predicted molar refractivity (Wildman–Crippen MR) is 100 cm³/mol. The van der Waals surface area contributed by atoms with Crippen molar-refractivity contribution in [3.8, 4) is 0 Å². The van der Waals surface area contributed by atoms with Gasteiger partial charge in [-0.3, -0.25) is 4.79 Å². The van der Waals surface area contributed by atoms with Gasteiger partial charge in [0.2, 0.25) is 15.9 Å². The van der Waals surface area contributed by atoms with Gasteiger partial charge in [-0.2, -0.15) is 11.8 Å². The van der Waals surface area contributed by atoms with Crippen LogP contribution in [0.25, 0.3) is 0 Å². The molecule has 25 heavy (non-hydrogen) atoms. The minimum absolute atomic E-state index is 0.0944. The molecule has 0 radical (unpaired) electrons. The van der Waals surface area contributed by atoms with E-state index in [4.69, 9.17) is 4.42 Å². The lowest BCUT2D eigenvalue weighted by Gasteiger charge is -2.10. The fourth-order valence-electron chi connectivity index (χ4n) is 2.27. The first-order valence-electron chi connectivity index (χ1n) is 7.71. The Kier molecular flexibility index (Phi) is 6.10. The minimum Gasteiger partial charge on any atom is -0.468 e. The fraction of sp³-hybridized carbons (Fsp3) is 0.312. The SMILES string of the molecule is O=C1CCSc2ccc(S(=O)(=O)NCCSCc3ccco3)cc2N1. The van der Waals surface area contributed by atoms with Crippen molar-refractivity contribution in [1.82, 2.24) is 4.72 Å². The van der Waals surface area contributed by atoms with Crippen LogP contribution in [0.1, 0.15) is 12.2 Å². The number of hydrogen-bond donors (Lipinski definition) is 2. The van der Waals surface area contributed by atoms with E-state index < -0.39 is 10.0 Å². The van der Waals surface area contributed by atoms with Gasteiger partial charge in [0.05, 0.1) is 22.6 Å². The normalized spacial score (nSPS) is 14.6. The van der Waals surface area contributed by atoms with Crippen molar-refractivity contribution in [1.29, 1.82) is 0 Å². The molecule has 134 valence electrons. The standard InChI is InChI=1S/C16H18N2O4S3/c19-16-5-8-24-15-4-3-13(10-14(15)18-16)25(20,21)17-6-9-23-11-12-2-1-7-22-12/h1-4,7,10,17H,5-6,8-9,11H2,(H,18,19). The summed E-state index contributed by atoms with van der Waals surface area (Å²) < 4.78 is 32.7. The van der Waals surface area contributed by atoms with Crippen LogP contribution in [0.2, 0.25) is 0 Å². The number of anilines is 1. The number of furan rings is 1. The van der Waals surface area contributed by atoms with Crippen molar-refractivity contribution in [2.24, 2.45) is 0 Å². The highest BCUT2D eigenvalue weighted by molar-refractivity contribution is 7.99. The topological polar surface area (TPSA) is 88.4 Å². The van der Waals surface area contributed by atoms with E-state index in [9.17, 15) is 13.2 Å². The van der Waals surface area contributed by atoms with Gasteiger partial charge in [-0.25, -0.2) is 13.1 Å². The Morgan fingerprint density at radius 2 is 2.20 bits per heavy atom. The van der Waals surface area contributed by atoms with E-state index in [1.54, 1.807) is 41.9 Å². The second kappa shape index (κ2) is 8.31. The van der Waals surface area contributed by atoms with Crippen LogP contribution in [0.3, 0.4) is 0 Å². The van der Waals surface area contributed by atoms with Gasteiger partial charge in [0.15, 0.2) is 0 Å². The molecule has 0 saturated heterocycles. The summed E-state index contributed by atoms with van der Waals surface area (Å²) in [6, 6.07) is 8.55. The number of sulfonamides is 1. The molecule has 1 aromatic heterocycles. The summed E-state index contributed by atoms with van der Waals surface area (Å²) in [5.74, 6) is 2.81. The molecular formula is C16H18N2O4S3. The number of carbonyl (C=O) groups is 1. The Labute approximate surface area is 155 Å². The van der Waals surface area contributed by atoms with E-state index >= 15 is 0 Å². The molecule has 0 atom stereocenters. The number of hydrogen-bond acceptors (Lipinski definition) is 6. The average Bonchev–Trinajstić information content (AvgIpc) is 3.01. The van der Waals surface area contributed by atoms with E-state index in [0.29, 0.717) is 35.9 Å². The van der Waals surface area contributed by atoms with Crippen LogP contribution in [-0.4, -0.2) is 32.4 Å². The summed E-state index contributed by atoms with van der Waals surface area (Å²) in [4.78, 5) is 12.7. The Morgan fingerprint density at radius 3 is 3.00 bits per heavy atom. The summed E-state index contributed by atoms with van der Waals surface area (Å²) in [6.07, 6.45) is 2.04. The lowest BCUT2D eigenvalue weighted by Crippen LogP contribution is -2.26. The molecule has 2 heterocycles. The Balaban J connectivity index is 1.57. The van der Waals surface area contributed by atoms with Crippen molar-refractivity contribution >= 4 is 45.1 Å². The van der Waals surface area contributed by atoms with E-state index in [1.165, 1.54) is 6.07 Å². The zero-order valence-corrected chi connectivity index (χ0v) is 15.8. The molecule has 0 aliphatic carbocycles. The summed E-state index contributed by atoms with van der Waals surface area (Å²) in [5.41, 5.74) is 0.558. The third-order valence-corrected chi connectivity index (χ3v) is 7.00. The molecule has 1 amide bonds. The van der Waals surface area contributed by atoms with Gasteiger partial charge in [0.25, 0.3) is 0 Å². The Morgan fingerprint density at radius 1 is 1.32 bits per heavy atom. The molecule has 1 aromatic carbocycles. The summed E-state index contributed by atoms with van der Waals surface area (Å²) in [7, 11) is -3.60. The van der Waals surface area contributed by atoms with Crippen LogP contribution in [0.5, 0.6) is 0 Å². The van der Waals surface area contributed by atoms with Crippen molar-refractivity contribution in [2.75, 3.05) is 23.4 Å². The molecule has 0 saturated carbocycles. The Bertz CT molecular complexity index is 835. The molecule has 0 bridgehead atoms. The molecule has 1 aliphatic heterocycles. The lowest BCUT2D eigenvalue weighted by molar-refractivity contribution is -0.115. The first-order chi connectivity index (χ1) is 12.0. The third-order valence-electron chi connectivity index (χ3n) is 3.49. The van der Waals surface area contributed by atoms with E-state index in [2.05, 4.69) is 10.0 Å². The fourth-order valence-corrected chi connectivity index (χ4v) is 5.15. The predicted octanol–water partition coefficient (Wildman–Crippen LogP) is 2.93. The highest BCUT2D eigenvalue weighted by Gasteiger charge is 2.19. The first kappa shape index (κ1) is 18.4. The molecular weight excluding hydrogens is 380 g/mol. The maximum absolute atomic E-state index is 12.4. The highest BCUT2D eigenvalue weighted by Crippen LogP contribution is 2.32. The van der Waals surface area contributed by atoms with E-state index in [0.717, 1.165) is 10.7 Å². The zero-order valence-electron chi connectivity index (χ0n) is 13.4. The first-order valence-corrected chi connectivity index (χ1v) is 11.3. The molecule has 0 unspecified atom stereocenters. The van der Waals surface area contributed by atoms with Crippen LogP contribution < -0.4 is 10.0 Å². The van der Waals surface area contributed by atoms with Crippen molar-refractivity contribution in [3.63, 3.8) is 0 Å². The van der Waals surface area contributed by atoms with Gasteiger partial charge in [-0.1, -0.05) is 0 Å². The van der Waals surface area contributed by atoms with Gasteiger partial charge >= 0.3 is 0 Å². The molecule has 2 N–H and O–H groups in total. The van der Waals surface area contributed by atoms with E-state index in [-0.39, 0.29) is 10.8 Å². The number of thioether (sulfide) groups is 2. The van der Waals surface area contributed by atoms with Crippen LogP contribution >= 0.6 is 23.5 Å². The van der Waals surface area contributed by atoms with Gasteiger partial charge in [-0.15, -0.1) is 11.8 Å². The summed E-state index contributed by atoms with van der Waals surface area (Å²) in [6.45, 7) is 0.325. The third kappa shape index (κ3) is 5.04. The van der Waals surface area contributed by atoms with Crippen molar-refractivity contribution < 1.29 is 17.6 Å². The van der Waals surface area contributed by atoms with Crippen LogP contribution in [0, 0.1) is 0 Å². The van der Waals surface area contributed by atoms with Crippen LogP contribution in [-0.2, 0) is 20.6 Å². The summed E-state index contributed by atoms with van der Waals surface area (Å²) >= 11 is 3.14. The second-order valence-electron chi connectivity index (χ2n) is 5.33. The van der Waals surface area contributed by atoms with Gasteiger partial charge in [0, 0.05) is 29.4 Å². The highest BCUT2D eigenvalue weighted by atomic mass is 32.2. The molecule has 2 aromatic rings. The number of rotatable bonds is 7. The van der Waals surface area contributed by atoms with Crippen LogP contribution in [0.4, 0.5) is 5.69 Å². The zero-order chi connectivity index (χ0) is 17.7. The van der Waals surface area contributed by atoms with Crippen LogP contribution in [0.15, 0.2) is 50.8 Å². The van der Waals surface area contributed by atoms with Gasteiger partial charge in [0.1, 0.15) is 5.76 Å². The largest absolute Gasteiger partial charge is 0.468 e. The van der Waals surface area contributed by atoms with Gasteiger partial charge in [-0.05, 0) is 30.3 Å². The van der Waals surface area contributed by atoms with E-state index in [1.807, 2.05) is 12.1 Å². The molecule has 3 rings (SSSR count). The quantitative estimate of drug-likeness (QED) is 0.697. The number of benzene rings is 1. The molecule has 0 spiro atoms. The monoisotopic (exact) mass is 398 g/mol. The maximum atomic E-state index is 12.4. The smallest absolute Gasteiger partial charge is 0.240 e. The molecule has 1 aliphatic rings. The number of carbonyl (C=O) groups excluding carboxylic acids is 1. The number of fused-ring (bicyclic) bond motifs is 1. The number of nitrogens with one attached hydrogen (secondary N) is 2. The molecule has 0 fully saturated rings. The second-order valence-corrected chi connectivity index (χ2v) is 9.34. The van der Waals surface area contributed by atoms with Crippen molar-refractivity contribution in [3.05, 3.63) is 42.4 Å². The minimum atomic E-state index is -3.60. The molecule has 9 heteroatoms. The van der Waals surface area contributed by atoms with Gasteiger partial charge < -0.3 is 9.73 Å². The lowest BCUT2D eigenvalue weighted by atomic mass is 10.3. The molecule has 6 nitrogen and oxygen atoms in total. The Hall–Kier alpha value is -1.42. The summed E-state index contributed by atoms with van der Waals surface area (Å²) in [5, 5.41) is 2.76. The van der Waals surface area contributed by atoms with Crippen molar-refractivity contribution in [2.45, 2.75) is 22.0 Å². The maximum Gasteiger partial charge on any atom is 0.240 e. The number of amides is 1. The average molecular weight is 399 g/mol.